The van der Waals surface area contributed by atoms with Crippen LogP contribution >= 0.6 is 0 Å². The zero-order chi connectivity index (χ0) is 19.7. The highest BCUT2D eigenvalue weighted by Crippen LogP contribution is 2.33. The predicted molar refractivity (Wildman–Crippen MR) is 102 cm³/mol. The van der Waals surface area contributed by atoms with Gasteiger partial charge in [0.15, 0.2) is 17.5 Å². The highest BCUT2D eigenvalue weighted by atomic mass is 16.7. The standard InChI is InChI=1S/C19H25N5O4/c1-19(16(25)22-18(26)23-19)13-5-7-24(8-6-13)17(20-2)21-10-12-3-4-14-15(9-12)28-11-27-14/h3-4,9,13H,5-8,10-11H2,1-2H3,(H,20,21)(H2,22,23,25,26). The Labute approximate surface area is 163 Å². The molecule has 3 aliphatic rings. The summed E-state index contributed by atoms with van der Waals surface area (Å²) in [5, 5.41) is 8.52. The van der Waals surface area contributed by atoms with E-state index in [1.165, 1.54) is 0 Å². The average Bonchev–Trinajstić information content (AvgIpc) is 3.26. The van der Waals surface area contributed by atoms with Gasteiger partial charge in [-0.3, -0.25) is 15.1 Å². The maximum atomic E-state index is 12.2. The summed E-state index contributed by atoms with van der Waals surface area (Å²) in [7, 11) is 1.76. The smallest absolute Gasteiger partial charge is 0.322 e. The lowest BCUT2D eigenvalue weighted by Gasteiger charge is -2.39. The normalized spacial score (nSPS) is 24.9. The van der Waals surface area contributed by atoms with Gasteiger partial charge in [-0.15, -0.1) is 0 Å². The fraction of sp³-hybridized carbons (Fsp3) is 0.526. The van der Waals surface area contributed by atoms with Crippen LogP contribution in [0.5, 0.6) is 11.5 Å². The third-order valence-corrected chi connectivity index (χ3v) is 5.78. The van der Waals surface area contributed by atoms with E-state index in [2.05, 4.69) is 25.8 Å². The quantitative estimate of drug-likeness (QED) is 0.403. The van der Waals surface area contributed by atoms with Gasteiger partial charge in [-0.05, 0) is 43.4 Å². The van der Waals surface area contributed by atoms with Crippen LogP contribution in [0.2, 0.25) is 0 Å². The summed E-state index contributed by atoms with van der Waals surface area (Å²) in [5.41, 5.74) is 0.255. The highest BCUT2D eigenvalue weighted by Gasteiger charge is 2.48. The maximum absolute atomic E-state index is 12.2. The van der Waals surface area contributed by atoms with Crippen molar-refractivity contribution >= 4 is 17.9 Å². The Bertz CT molecular complexity index is 819. The molecule has 2 fully saturated rings. The van der Waals surface area contributed by atoms with E-state index in [1.54, 1.807) is 14.0 Å². The topological polar surface area (TPSA) is 104 Å². The summed E-state index contributed by atoms with van der Waals surface area (Å²) in [6.07, 6.45) is 1.60. The SMILES string of the molecule is CN=C(NCc1ccc2c(c1)OCO2)N1CCC(C2(C)NC(=O)NC2=O)CC1. The van der Waals surface area contributed by atoms with E-state index in [4.69, 9.17) is 9.47 Å². The third kappa shape index (κ3) is 3.32. The van der Waals surface area contributed by atoms with Crippen molar-refractivity contribution in [3.63, 3.8) is 0 Å². The van der Waals surface area contributed by atoms with Crippen LogP contribution in [0.1, 0.15) is 25.3 Å². The number of hydrogen-bond donors (Lipinski definition) is 3. The Kier molecular flexibility index (Phi) is 4.74. The number of imide groups is 1. The molecule has 28 heavy (non-hydrogen) atoms. The van der Waals surface area contributed by atoms with Crippen molar-refractivity contribution in [2.24, 2.45) is 10.9 Å². The molecule has 0 bridgehead atoms. The lowest BCUT2D eigenvalue weighted by molar-refractivity contribution is -0.125. The molecule has 9 heteroatoms. The Morgan fingerprint density at radius 3 is 2.71 bits per heavy atom. The minimum absolute atomic E-state index is 0.0992. The second-order valence-electron chi connectivity index (χ2n) is 7.46. The minimum Gasteiger partial charge on any atom is -0.454 e. The molecule has 0 radical (unpaired) electrons. The molecule has 1 unspecified atom stereocenters. The first-order valence-corrected chi connectivity index (χ1v) is 9.47. The Morgan fingerprint density at radius 1 is 1.29 bits per heavy atom. The van der Waals surface area contributed by atoms with Crippen molar-refractivity contribution in [3.8, 4) is 11.5 Å². The maximum Gasteiger partial charge on any atom is 0.322 e. The van der Waals surface area contributed by atoms with Crippen LogP contribution in [0.15, 0.2) is 23.2 Å². The number of carbonyl (C=O) groups is 2. The number of nitrogens with one attached hydrogen (secondary N) is 3. The molecule has 1 aromatic rings. The van der Waals surface area contributed by atoms with Crippen molar-refractivity contribution < 1.29 is 19.1 Å². The first kappa shape index (κ1) is 18.4. The Balaban J connectivity index is 1.33. The second kappa shape index (κ2) is 7.21. The van der Waals surface area contributed by atoms with Gasteiger partial charge in [0, 0.05) is 26.7 Å². The number of ether oxygens (including phenoxy) is 2. The van der Waals surface area contributed by atoms with Gasteiger partial charge in [0.2, 0.25) is 6.79 Å². The first-order valence-electron chi connectivity index (χ1n) is 9.47. The van der Waals surface area contributed by atoms with Crippen LogP contribution < -0.4 is 25.4 Å². The Morgan fingerprint density at radius 2 is 2.04 bits per heavy atom. The van der Waals surface area contributed by atoms with Crippen LogP contribution in [0.25, 0.3) is 0 Å². The average molecular weight is 387 g/mol. The van der Waals surface area contributed by atoms with E-state index in [-0.39, 0.29) is 18.6 Å². The van der Waals surface area contributed by atoms with Crippen LogP contribution in [0.4, 0.5) is 4.79 Å². The molecule has 3 aliphatic heterocycles. The molecule has 1 atom stereocenters. The van der Waals surface area contributed by atoms with Crippen molar-refractivity contribution in [3.05, 3.63) is 23.8 Å². The lowest BCUT2D eigenvalue weighted by atomic mass is 9.79. The van der Waals surface area contributed by atoms with Crippen LogP contribution in [-0.4, -0.2) is 55.3 Å². The number of amides is 3. The van der Waals surface area contributed by atoms with E-state index >= 15 is 0 Å². The molecule has 0 saturated carbocycles. The zero-order valence-electron chi connectivity index (χ0n) is 16.1. The van der Waals surface area contributed by atoms with Gasteiger partial charge in [0.1, 0.15) is 5.54 Å². The minimum atomic E-state index is -0.827. The summed E-state index contributed by atoms with van der Waals surface area (Å²) in [6.45, 7) is 4.23. The molecule has 0 aromatic heterocycles. The Hall–Kier alpha value is -2.97. The molecule has 1 aromatic carbocycles. The molecule has 2 saturated heterocycles. The fourth-order valence-electron chi connectivity index (χ4n) is 4.08. The molecule has 3 N–H and O–H groups in total. The van der Waals surface area contributed by atoms with E-state index in [0.29, 0.717) is 6.54 Å². The second-order valence-corrected chi connectivity index (χ2v) is 7.46. The van der Waals surface area contributed by atoms with Crippen molar-refractivity contribution in [1.82, 2.24) is 20.9 Å². The molecular formula is C19H25N5O4. The summed E-state index contributed by atoms with van der Waals surface area (Å²) < 4.78 is 10.8. The number of rotatable bonds is 3. The predicted octanol–water partition coefficient (Wildman–Crippen LogP) is 0.801. The van der Waals surface area contributed by atoms with E-state index in [9.17, 15) is 9.59 Å². The molecule has 0 aliphatic carbocycles. The zero-order valence-corrected chi connectivity index (χ0v) is 16.1. The van der Waals surface area contributed by atoms with E-state index in [0.717, 1.165) is 49.0 Å². The van der Waals surface area contributed by atoms with Gasteiger partial charge in [-0.25, -0.2) is 4.79 Å². The number of likely N-dealkylation sites (tertiary alicyclic amines) is 1. The van der Waals surface area contributed by atoms with Gasteiger partial charge < -0.3 is 25.0 Å². The molecule has 0 spiro atoms. The number of benzene rings is 1. The van der Waals surface area contributed by atoms with Gasteiger partial charge in [0.05, 0.1) is 0 Å². The van der Waals surface area contributed by atoms with Crippen molar-refractivity contribution in [1.29, 1.82) is 0 Å². The van der Waals surface area contributed by atoms with Gasteiger partial charge in [-0.2, -0.15) is 0 Å². The number of guanidine groups is 1. The number of piperidine rings is 1. The van der Waals surface area contributed by atoms with Gasteiger partial charge >= 0.3 is 6.03 Å². The summed E-state index contributed by atoms with van der Waals surface area (Å²) in [4.78, 5) is 30.3. The van der Waals surface area contributed by atoms with Gasteiger partial charge in [0.25, 0.3) is 5.91 Å². The molecule has 3 amide bonds. The molecule has 4 rings (SSSR count). The highest BCUT2D eigenvalue weighted by molar-refractivity contribution is 6.07. The largest absolute Gasteiger partial charge is 0.454 e. The first-order chi connectivity index (χ1) is 13.5. The van der Waals surface area contributed by atoms with Crippen LogP contribution in [-0.2, 0) is 11.3 Å². The molecule has 3 heterocycles. The van der Waals surface area contributed by atoms with Crippen LogP contribution in [0, 0.1) is 5.92 Å². The number of fused-ring (bicyclic) bond motifs is 1. The van der Waals surface area contributed by atoms with E-state index < -0.39 is 11.6 Å². The molecule has 150 valence electrons. The number of carbonyl (C=O) groups excluding carboxylic acids is 2. The number of nitrogens with zero attached hydrogens (tertiary/aromatic N) is 2. The number of urea groups is 1. The van der Waals surface area contributed by atoms with Crippen molar-refractivity contribution in [2.75, 3.05) is 26.9 Å². The van der Waals surface area contributed by atoms with E-state index in [1.807, 2.05) is 18.2 Å². The monoisotopic (exact) mass is 387 g/mol. The van der Waals surface area contributed by atoms with Crippen LogP contribution in [0.3, 0.4) is 0 Å². The fourth-order valence-corrected chi connectivity index (χ4v) is 4.08. The van der Waals surface area contributed by atoms with Crippen molar-refractivity contribution in [2.45, 2.75) is 31.8 Å². The lowest BCUT2D eigenvalue weighted by Crippen LogP contribution is -2.55. The third-order valence-electron chi connectivity index (χ3n) is 5.78. The summed E-state index contributed by atoms with van der Waals surface area (Å²) in [6, 6.07) is 5.48. The summed E-state index contributed by atoms with van der Waals surface area (Å²) in [5.74, 6) is 2.22. The number of aliphatic imine (C=N–C) groups is 1. The molecular weight excluding hydrogens is 362 g/mol. The van der Waals surface area contributed by atoms with Gasteiger partial charge in [-0.1, -0.05) is 6.07 Å². The number of hydrogen-bond acceptors (Lipinski definition) is 5. The molecule has 9 nitrogen and oxygen atoms in total. The summed E-state index contributed by atoms with van der Waals surface area (Å²) >= 11 is 0.